The van der Waals surface area contributed by atoms with Crippen molar-refractivity contribution in [2.75, 3.05) is 7.11 Å². The van der Waals surface area contributed by atoms with Crippen molar-refractivity contribution < 1.29 is 9.53 Å². The van der Waals surface area contributed by atoms with Crippen LogP contribution in [0.3, 0.4) is 0 Å². The van der Waals surface area contributed by atoms with E-state index in [4.69, 9.17) is 0 Å². The van der Waals surface area contributed by atoms with Crippen LogP contribution in [0.25, 0.3) is 10.2 Å². The van der Waals surface area contributed by atoms with Crippen LogP contribution in [0.4, 0.5) is 4.79 Å². The molecule has 0 aliphatic carbocycles. The fraction of sp³-hybridized carbons (Fsp3) is 0.182. The molecule has 2 rings (SSSR count). The summed E-state index contributed by atoms with van der Waals surface area (Å²) in [5, 5.41) is 4.68. The minimum absolute atomic E-state index is 0.592. The maximum Gasteiger partial charge on any atom is 0.427 e. The van der Waals surface area contributed by atoms with Gasteiger partial charge >= 0.3 is 6.09 Å². The predicted octanol–water partition coefficient (Wildman–Crippen LogP) is 2.38. The first-order valence-electron chi connectivity index (χ1n) is 4.95. The number of para-hydroxylation sites is 1. The first-order chi connectivity index (χ1) is 8.20. The van der Waals surface area contributed by atoms with Gasteiger partial charge in [-0.15, -0.1) is 11.3 Å². The highest BCUT2D eigenvalue weighted by molar-refractivity contribution is 7.20. The van der Waals surface area contributed by atoms with Crippen molar-refractivity contribution in [3.05, 3.63) is 29.3 Å². The van der Waals surface area contributed by atoms with Gasteiger partial charge in [-0.2, -0.15) is 5.10 Å². The second-order valence-electron chi connectivity index (χ2n) is 3.29. The van der Waals surface area contributed by atoms with E-state index >= 15 is 0 Å². The Morgan fingerprint density at radius 3 is 2.94 bits per heavy atom. The average Bonchev–Trinajstić information content (AvgIpc) is 2.79. The zero-order chi connectivity index (χ0) is 12.3. The maximum atomic E-state index is 10.9. The van der Waals surface area contributed by atoms with Crippen molar-refractivity contribution in [3.63, 3.8) is 0 Å². The Morgan fingerprint density at radius 1 is 1.47 bits per heavy atom. The highest BCUT2D eigenvalue weighted by Gasteiger charge is 2.06. The average molecular weight is 249 g/mol. The first-order valence-corrected chi connectivity index (χ1v) is 5.76. The van der Waals surface area contributed by atoms with Gasteiger partial charge in [0.15, 0.2) is 0 Å². The molecule has 0 atom stereocenters. The van der Waals surface area contributed by atoms with Gasteiger partial charge in [-0.05, 0) is 19.1 Å². The summed E-state index contributed by atoms with van der Waals surface area (Å²) in [7, 11) is 1.29. The molecule has 0 fully saturated rings. The predicted molar refractivity (Wildman–Crippen MR) is 67.4 cm³/mol. The summed E-state index contributed by atoms with van der Waals surface area (Å²) in [6.07, 6.45) is -0.592. The molecular weight excluding hydrogens is 238 g/mol. The van der Waals surface area contributed by atoms with Gasteiger partial charge in [0.2, 0.25) is 0 Å². The third kappa shape index (κ3) is 2.59. The van der Waals surface area contributed by atoms with E-state index in [1.54, 1.807) is 6.92 Å². The summed E-state index contributed by atoms with van der Waals surface area (Å²) in [6.45, 7) is 1.79. The molecular formula is C11H11N3O2S. The number of hydrogen-bond donors (Lipinski definition) is 1. The van der Waals surface area contributed by atoms with E-state index in [0.717, 1.165) is 15.2 Å². The Morgan fingerprint density at radius 2 is 2.24 bits per heavy atom. The minimum atomic E-state index is -0.592. The lowest BCUT2D eigenvalue weighted by Crippen LogP contribution is -2.18. The molecule has 0 radical (unpaired) electrons. The van der Waals surface area contributed by atoms with Crippen molar-refractivity contribution in [1.82, 2.24) is 10.4 Å². The summed E-state index contributed by atoms with van der Waals surface area (Å²) in [5.74, 6) is 0. The molecule has 1 aromatic heterocycles. The quantitative estimate of drug-likeness (QED) is 0.656. The number of carbonyl (C=O) groups excluding carboxylic acids is 1. The summed E-state index contributed by atoms with van der Waals surface area (Å²) >= 11 is 1.53. The highest BCUT2D eigenvalue weighted by atomic mass is 32.1. The molecule has 1 amide bonds. The summed E-state index contributed by atoms with van der Waals surface area (Å²) in [5.41, 5.74) is 3.85. The molecule has 1 heterocycles. The topological polar surface area (TPSA) is 63.6 Å². The Kier molecular flexibility index (Phi) is 3.34. The number of ether oxygens (including phenoxy) is 1. The van der Waals surface area contributed by atoms with Crippen molar-refractivity contribution in [3.8, 4) is 0 Å². The Hall–Kier alpha value is -1.95. The number of benzene rings is 1. The molecule has 88 valence electrons. The minimum Gasteiger partial charge on any atom is -0.452 e. The summed E-state index contributed by atoms with van der Waals surface area (Å²) < 4.78 is 5.51. The SMILES string of the molecule is COC(=O)NN=C(C)c1nc2ccccc2s1. The lowest BCUT2D eigenvalue weighted by molar-refractivity contribution is 0.171. The summed E-state index contributed by atoms with van der Waals surface area (Å²) in [6, 6.07) is 7.84. The number of hydrogen-bond acceptors (Lipinski definition) is 5. The van der Waals surface area contributed by atoms with Crippen LogP contribution < -0.4 is 5.43 Å². The van der Waals surface area contributed by atoms with E-state index in [1.807, 2.05) is 24.3 Å². The maximum absolute atomic E-state index is 10.9. The second-order valence-corrected chi connectivity index (χ2v) is 4.32. The normalized spacial score (nSPS) is 11.5. The van der Waals surface area contributed by atoms with E-state index in [1.165, 1.54) is 18.4 Å². The van der Waals surface area contributed by atoms with E-state index in [0.29, 0.717) is 5.71 Å². The third-order valence-electron chi connectivity index (χ3n) is 2.10. The first kappa shape index (κ1) is 11.5. The molecule has 6 heteroatoms. The molecule has 0 spiro atoms. The lowest BCUT2D eigenvalue weighted by atomic mass is 10.3. The van der Waals surface area contributed by atoms with Gasteiger partial charge in [-0.25, -0.2) is 15.2 Å². The Labute approximate surface area is 102 Å². The molecule has 5 nitrogen and oxygen atoms in total. The van der Waals surface area contributed by atoms with Gasteiger partial charge in [0.1, 0.15) is 5.01 Å². The number of carbonyl (C=O) groups is 1. The summed E-state index contributed by atoms with van der Waals surface area (Å²) in [4.78, 5) is 15.3. The molecule has 0 unspecified atom stereocenters. The van der Waals surface area contributed by atoms with Gasteiger partial charge in [-0.3, -0.25) is 0 Å². The molecule has 0 aliphatic heterocycles. The van der Waals surface area contributed by atoms with Crippen LogP contribution in [0.2, 0.25) is 0 Å². The Balaban J connectivity index is 2.24. The molecule has 1 N–H and O–H groups in total. The molecule has 0 aliphatic rings. The number of nitrogens with zero attached hydrogens (tertiary/aromatic N) is 2. The lowest BCUT2D eigenvalue weighted by Gasteiger charge is -1.97. The standard InChI is InChI=1S/C11H11N3O2S/c1-7(13-14-11(15)16-2)10-12-8-5-3-4-6-9(8)17-10/h3-6H,1-2H3,(H,14,15). The van der Waals surface area contributed by atoms with Crippen LogP contribution in [0.1, 0.15) is 11.9 Å². The number of hydrazone groups is 1. The number of fused-ring (bicyclic) bond motifs is 1. The van der Waals surface area contributed by atoms with Crippen molar-refractivity contribution in [1.29, 1.82) is 0 Å². The monoisotopic (exact) mass is 249 g/mol. The van der Waals surface area contributed by atoms with Crippen LogP contribution in [0, 0.1) is 0 Å². The number of rotatable bonds is 2. The Bertz CT molecular complexity index is 544. The third-order valence-corrected chi connectivity index (χ3v) is 3.25. The number of nitrogens with one attached hydrogen (secondary N) is 1. The van der Waals surface area contributed by atoms with E-state index in [2.05, 4.69) is 20.2 Å². The second kappa shape index (κ2) is 4.92. The fourth-order valence-electron chi connectivity index (χ4n) is 1.25. The number of amides is 1. The number of thiazole rings is 1. The van der Waals surface area contributed by atoms with Gasteiger partial charge in [0.05, 0.1) is 23.0 Å². The fourth-order valence-corrected chi connectivity index (χ4v) is 2.16. The van der Waals surface area contributed by atoms with Crippen LogP contribution in [-0.4, -0.2) is 23.9 Å². The van der Waals surface area contributed by atoms with E-state index < -0.39 is 6.09 Å². The molecule has 0 saturated carbocycles. The molecule has 2 aromatic rings. The van der Waals surface area contributed by atoms with Gasteiger partial charge in [0, 0.05) is 0 Å². The zero-order valence-corrected chi connectivity index (χ0v) is 10.2. The largest absolute Gasteiger partial charge is 0.452 e. The molecule has 17 heavy (non-hydrogen) atoms. The highest BCUT2D eigenvalue weighted by Crippen LogP contribution is 2.21. The van der Waals surface area contributed by atoms with E-state index in [-0.39, 0.29) is 0 Å². The van der Waals surface area contributed by atoms with Gasteiger partial charge < -0.3 is 4.74 Å². The van der Waals surface area contributed by atoms with Crippen molar-refractivity contribution in [2.45, 2.75) is 6.92 Å². The van der Waals surface area contributed by atoms with Crippen molar-refractivity contribution >= 4 is 33.4 Å². The molecule has 1 aromatic carbocycles. The zero-order valence-electron chi connectivity index (χ0n) is 9.43. The van der Waals surface area contributed by atoms with Crippen LogP contribution in [-0.2, 0) is 4.74 Å². The van der Waals surface area contributed by atoms with Crippen LogP contribution in [0.5, 0.6) is 0 Å². The van der Waals surface area contributed by atoms with Crippen molar-refractivity contribution in [2.24, 2.45) is 5.10 Å². The number of methoxy groups -OCH3 is 1. The van der Waals surface area contributed by atoms with Crippen LogP contribution in [0.15, 0.2) is 29.4 Å². The van der Waals surface area contributed by atoms with Gasteiger partial charge in [-0.1, -0.05) is 12.1 Å². The molecule has 0 saturated heterocycles. The molecule has 0 bridgehead atoms. The number of aromatic nitrogens is 1. The van der Waals surface area contributed by atoms with Crippen LogP contribution >= 0.6 is 11.3 Å². The smallest absolute Gasteiger partial charge is 0.427 e. The van der Waals surface area contributed by atoms with Gasteiger partial charge in [0.25, 0.3) is 0 Å². The van der Waals surface area contributed by atoms with E-state index in [9.17, 15) is 4.79 Å².